The highest BCUT2D eigenvalue weighted by atomic mass is 16.5. The number of amides is 1. The summed E-state index contributed by atoms with van der Waals surface area (Å²) in [4.78, 5) is 15.8. The van der Waals surface area contributed by atoms with Gasteiger partial charge in [0, 0.05) is 12.0 Å². The fraction of sp³-hybridized carbons (Fsp3) is 0.750. The predicted octanol–water partition coefficient (Wildman–Crippen LogP) is 0.998. The third-order valence-electron chi connectivity index (χ3n) is 3.69. The van der Waals surface area contributed by atoms with E-state index in [1.54, 1.807) is 0 Å². The highest BCUT2D eigenvalue weighted by molar-refractivity contribution is 5.77. The topological polar surface area (TPSA) is 80.0 Å². The molecule has 1 aliphatic rings. The first-order valence-corrected chi connectivity index (χ1v) is 6.45. The van der Waals surface area contributed by atoms with Crippen molar-refractivity contribution in [1.82, 2.24) is 20.8 Å². The Kier molecular flexibility index (Phi) is 4.30. The van der Waals surface area contributed by atoms with Gasteiger partial charge in [0.2, 0.25) is 12.3 Å². The van der Waals surface area contributed by atoms with Gasteiger partial charge in [0.15, 0.2) is 5.82 Å². The Labute approximate surface area is 107 Å². The van der Waals surface area contributed by atoms with Crippen LogP contribution in [0.15, 0.2) is 10.9 Å². The smallest absolute Gasteiger partial charge is 0.222 e. The second kappa shape index (κ2) is 5.95. The summed E-state index contributed by atoms with van der Waals surface area (Å²) in [6.07, 6.45) is 7.57. The SMILES string of the molecule is CNC1(CC(=O)NCc2ncon2)CCCCC1. The van der Waals surface area contributed by atoms with Crippen LogP contribution in [0.2, 0.25) is 0 Å². The van der Waals surface area contributed by atoms with Gasteiger partial charge in [-0.2, -0.15) is 4.98 Å². The van der Waals surface area contributed by atoms with Crippen molar-refractivity contribution in [2.75, 3.05) is 7.05 Å². The summed E-state index contributed by atoms with van der Waals surface area (Å²) in [5.74, 6) is 0.543. The summed E-state index contributed by atoms with van der Waals surface area (Å²) in [5.41, 5.74) is -0.0282. The zero-order valence-corrected chi connectivity index (χ0v) is 10.7. The van der Waals surface area contributed by atoms with Crippen molar-refractivity contribution >= 4 is 5.91 Å². The Balaban J connectivity index is 1.81. The zero-order chi connectivity index (χ0) is 12.8. The van der Waals surface area contributed by atoms with Gasteiger partial charge < -0.3 is 15.2 Å². The third kappa shape index (κ3) is 3.29. The molecule has 6 heteroatoms. The maximum absolute atomic E-state index is 11.9. The molecule has 6 nitrogen and oxygen atoms in total. The molecule has 2 N–H and O–H groups in total. The normalized spacial score (nSPS) is 18.5. The zero-order valence-electron chi connectivity index (χ0n) is 10.7. The van der Waals surface area contributed by atoms with Gasteiger partial charge in [-0.15, -0.1) is 0 Å². The minimum Gasteiger partial charge on any atom is -0.349 e. The average Bonchev–Trinajstić information content (AvgIpc) is 2.91. The number of nitrogens with one attached hydrogen (secondary N) is 2. The first kappa shape index (κ1) is 13.0. The van der Waals surface area contributed by atoms with E-state index in [4.69, 9.17) is 0 Å². The van der Waals surface area contributed by atoms with Crippen LogP contribution in [0.3, 0.4) is 0 Å². The van der Waals surface area contributed by atoms with Crippen LogP contribution in [-0.4, -0.2) is 28.6 Å². The fourth-order valence-electron chi connectivity index (χ4n) is 2.56. The molecule has 1 amide bonds. The van der Waals surface area contributed by atoms with Crippen LogP contribution in [0, 0.1) is 0 Å². The monoisotopic (exact) mass is 252 g/mol. The van der Waals surface area contributed by atoms with Crippen molar-refractivity contribution in [2.24, 2.45) is 0 Å². The summed E-state index contributed by atoms with van der Waals surface area (Å²) >= 11 is 0. The maximum Gasteiger partial charge on any atom is 0.222 e. The molecule has 1 fully saturated rings. The minimum absolute atomic E-state index is 0.0282. The molecule has 0 unspecified atom stereocenters. The lowest BCUT2D eigenvalue weighted by molar-refractivity contribution is -0.123. The van der Waals surface area contributed by atoms with Crippen LogP contribution in [0.5, 0.6) is 0 Å². The van der Waals surface area contributed by atoms with E-state index in [1.165, 1.54) is 25.7 Å². The summed E-state index contributed by atoms with van der Waals surface area (Å²) in [5, 5.41) is 9.81. The molecule has 0 aliphatic heterocycles. The van der Waals surface area contributed by atoms with E-state index in [2.05, 4.69) is 25.3 Å². The molecule has 2 rings (SSSR count). The largest absolute Gasteiger partial charge is 0.349 e. The summed E-state index contributed by atoms with van der Waals surface area (Å²) in [7, 11) is 1.94. The van der Waals surface area contributed by atoms with Crippen LogP contribution in [0.25, 0.3) is 0 Å². The van der Waals surface area contributed by atoms with Gasteiger partial charge in [-0.25, -0.2) is 0 Å². The number of hydrogen-bond acceptors (Lipinski definition) is 5. The van der Waals surface area contributed by atoms with E-state index < -0.39 is 0 Å². The highest BCUT2D eigenvalue weighted by Gasteiger charge is 2.32. The Morgan fingerprint density at radius 2 is 2.22 bits per heavy atom. The molecule has 1 heterocycles. The van der Waals surface area contributed by atoms with Gasteiger partial charge in [-0.05, 0) is 19.9 Å². The lowest BCUT2D eigenvalue weighted by Gasteiger charge is -2.36. The van der Waals surface area contributed by atoms with Gasteiger partial charge in [-0.3, -0.25) is 4.79 Å². The van der Waals surface area contributed by atoms with E-state index in [1.807, 2.05) is 7.05 Å². The van der Waals surface area contributed by atoms with Crippen LogP contribution < -0.4 is 10.6 Å². The van der Waals surface area contributed by atoms with E-state index in [9.17, 15) is 4.79 Å². The number of carbonyl (C=O) groups is 1. The maximum atomic E-state index is 11.9. The van der Waals surface area contributed by atoms with Crippen molar-refractivity contribution < 1.29 is 9.32 Å². The molecule has 0 bridgehead atoms. The predicted molar refractivity (Wildman–Crippen MR) is 65.6 cm³/mol. The summed E-state index contributed by atoms with van der Waals surface area (Å²) in [6.45, 7) is 0.328. The fourth-order valence-corrected chi connectivity index (χ4v) is 2.56. The van der Waals surface area contributed by atoms with Crippen molar-refractivity contribution in [1.29, 1.82) is 0 Å². The first-order chi connectivity index (χ1) is 8.74. The number of aromatic nitrogens is 2. The Hall–Kier alpha value is -1.43. The van der Waals surface area contributed by atoms with Crippen molar-refractivity contribution in [3.63, 3.8) is 0 Å². The number of hydrogen-bond donors (Lipinski definition) is 2. The Morgan fingerprint density at radius 3 is 2.83 bits per heavy atom. The summed E-state index contributed by atoms with van der Waals surface area (Å²) in [6, 6.07) is 0. The number of nitrogens with zero attached hydrogens (tertiary/aromatic N) is 2. The van der Waals surface area contributed by atoms with Crippen molar-refractivity contribution in [3.05, 3.63) is 12.2 Å². The Bertz CT molecular complexity index is 371. The molecule has 18 heavy (non-hydrogen) atoms. The lowest BCUT2D eigenvalue weighted by Crippen LogP contribution is -2.48. The molecular formula is C12H20N4O2. The average molecular weight is 252 g/mol. The molecule has 0 saturated heterocycles. The van der Waals surface area contributed by atoms with Gasteiger partial charge in [0.25, 0.3) is 0 Å². The second-order valence-corrected chi connectivity index (χ2v) is 4.89. The molecule has 1 aromatic heterocycles. The van der Waals surface area contributed by atoms with E-state index in [0.717, 1.165) is 12.8 Å². The lowest BCUT2D eigenvalue weighted by atomic mass is 9.79. The van der Waals surface area contributed by atoms with Gasteiger partial charge in [-0.1, -0.05) is 24.4 Å². The van der Waals surface area contributed by atoms with Crippen LogP contribution in [-0.2, 0) is 11.3 Å². The minimum atomic E-state index is -0.0282. The van der Waals surface area contributed by atoms with Gasteiger partial charge >= 0.3 is 0 Å². The standard InChI is InChI=1S/C12H20N4O2/c1-13-12(5-3-2-4-6-12)7-11(17)14-8-10-15-9-18-16-10/h9,13H,2-8H2,1H3,(H,14,17). The molecule has 0 atom stereocenters. The second-order valence-electron chi connectivity index (χ2n) is 4.89. The molecule has 1 aliphatic carbocycles. The van der Waals surface area contributed by atoms with E-state index in [-0.39, 0.29) is 11.4 Å². The van der Waals surface area contributed by atoms with Crippen LogP contribution in [0.4, 0.5) is 0 Å². The van der Waals surface area contributed by atoms with Crippen LogP contribution >= 0.6 is 0 Å². The number of carbonyl (C=O) groups excluding carboxylic acids is 1. The van der Waals surface area contributed by atoms with Gasteiger partial charge in [0.1, 0.15) is 0 Å². The highest BCUT2D eigenvalue weighted by Crippen LogP contribution is 2.30. The summed E-state index contributed by atoms with van der Waals surface area (Å²) < 4.78 is 4.61. The molecule has 1 saturated carbocycles. The van der Waals surface area contributed by atoms with E-state index >= 15 is 0 Å². The van der Waals surface area contributed by atoms with Crippen molar-refractivity contribution in [2.45, 2.75) is 50.6 Å². The Morgan fingerprint density at radius 1 is 1.44 bits per heavy atom. The molecule has 1 aromatic rings. The van der Waals surface area contributed by atoms with Crippen LogP contribution in [0.1, 0.15) is 44.3 Å². The molecule has 0 aromatic carbocycles. The molecule has 0 spiro atoms. The number of rotatable bonds is 5. The quantitative estimate of drug-likeness (QED) is 0.817. The van der Waals surface area contributed by atoms with Gasteiger partial charge in [0.05, 0.1) is 6.54 Å². The molecule has 0 radical (unpaired) electrons. The molecular weight excluding hydrogens is 232 g/mol. The molecule has 100 valence electrons. The first-order valence-electron chi connectivity index (χ1n) is 6.45. The van der Waals surface area contributed by atoms with Crippen molar-refractivity contribution in [3.8, 4) is 0 Å². The third-order valence-corrected chi connectivity index (χ3v) is 3.69. The van der Waals surface area contributed by atoms with E-state index in [0.29, 0.717) is 18.8 Å².